The molecule has 0 unspecified atom stereocenters. The molecule has 6 nitrogen and oxygen atoms in total. The summed E-state index contributed by atoms with van der Waals surface area (Å²) < 4.78 is 0. The quantitative estimate of drug-likeness (QED) is 0.651. The van der Waals surface area contributed by atoms with Crippen LogP contribution in [0.1, 0.15) is 21.5 Å². The van der Waals surface area contributed by atoms with Crippen LogP contribution in [-0.2, 0) is 16.1 Å². The smallest absolute Gasteiger partial charge is 0.251 e. The maximum Gasteiger partial charge on any atom is 0.251 e. The highest BCUT2D eigenvalue weighted by Gasteiger charge is 2.08. The number of thioether (sulfide) groups is 1. The molecule has 3 N–H and O–H groups in total. The Morgan fingerprint density at radius 3 is 2.44 bits per heavy atom. The van der Waals surface area contributed by atoms with Crippen molar-refractivity contribution in [3.63, 3.8) is 0 Å². The summed E-state index contributed by atoms with van der Waals surface area (Å²) in [5, 5.41) is 8.16. The van der Waals surface area contributed by atoms with Crippen molar-refractivity contribution in [3.8, 4) is 0 Å². The maximum absolute atomic E-state index is 11.9. The number of carbonyl (C=O) groups is 3. The largest absolute Gasteiger partial charge is 0.355 e. The van der Waals surface area contributed by atoms with E-state index in [2.05, 4.69) is 16.0 Å². The van der Waals surface area contributed by atoms with Crippen LogP contribution >= 0.6 is 11.8 Å². The minimum atomic E-state index is -0.168. The molecule has 0 aliphatic rings. The predicted octanol–water partition coefficient (Wildman–Crippen LogP) is 2.34. The monoisotopic (exact) mass is 385 g/mol. The van der Waals surface area contributed by atoms with Crippen molar-refractivity contribution < 1.29 is 14.4 Å². The van der Waals surface area contributed by atoms with Crippen LogP contribution in [0.3, 0.4) is 0 Å². The first-order valence-electron chi connectivity index (χ1n) is 8.50. The van der Waals surface area contributed by atoms with Gasteiger partial charge in [0.2, 0.25) is 11.8 Å². The number of amides is 3. The Morgan fingerprint density at radius 2 is 1.70 bits per heavy atom. The van der Waals surface area contributed by atoms with Gasteiger partial charge in [0.15, 0.2) is 0 Å². The third-order valence-electron chi connectivity index (χ3n) is 3.67. The van der Waals surface area contributed by atoms with E-state index in [1.54, 1.807) is 25.2 Å². The summed E-state index contributed by atoms with van der Waals surface area (Å²) >= 11 is 1.25. The Hall–Kier alpha value is -2.80. The molecule has 0 aliphatic heterocycles. The molecule has 2 aromatic rings. The zero-order chi connectivity index (χ0) is 19.6. The van der Waals surface area contributed by atoms with Gasteiger partial charge in [-0.2, -0.15) is 0 Å². The molecule has 0 spiro atoms. The molecule has 2 aromatic carbocycles. The van der Waals surface area contributed by atoms with Gasteiger partial charge in [0.25, 0.3) is 5.91 Å². The second-order valence-electron chi connectivity index (χ2n) is 5.97. The fourth-order valence-corrected chi connectivity index (χ4v) is 3.02. The average molecular weight is 385 g/mol. The molecule has 0 heterocycles. The Labute approximate surface area is 163 Å². The van der Waals surface area contributed by atoms with Gasteiger partial charge in [-0.1, -0.05) is 24.3 Å². The van der Waals surface area contributed by atoms with Gasteiger partial charge in [-0.3, -0.25) is 14.4 Å². The SMILES string of the molecule is CNC(=O)c1cccc(CNC(=O)CSCC(=O)Nc2cccc(C)c2)c1. The van der Waals surface area contributed by atoms with E-state index in [1.807, 2.05) is 37.3 Å². The minimum Gasteiger partial charge on any atom is -0.355 e. The van der Waals surface area contributed by atoms with E-state index in [-0.39, 0.29) is 29.2 Å². The fourth-order valence-electron chi connectivity index (χ4n) is 2.37. The number of nitrogens with one attached hydrogen (secondary N) is 3. The maximum atomic E-state index is 11.9. The van der Waals surface area contributed by atoms with Crippen molar-refractivity contribution in [1.29, 1.82) is 0 Å². The first kappa shape index (κ1) is 20.5. The van der Waals surface area contributed by atoms with E-state index in [1.165, 1.54) is 11.8 Å². The summed E-state index contributed by atoms with van der Waals surface area (Å²) in [7, 11) is 1.57. The fraction of sp³-hybridized carbons (Fsp3) is 0.250. The van der Waals surface area contributed by atoms with Gasteiger partial charge in [-0.15, -0.1) is 11.8 Å². The summed E-state index contributed by atoms with van der Waals surface area (Å²) in [5.74, 6) is -0.0760. The molecule has 0 bridgehead atoms. The molecule has 0 saturated heterocycles. The van der Waals surface area contributed by atoms with Crippen molar-refractivity contribution in [3.05, 3.63) is 65.2 Å². The van der Waals surface area contributed by atoms with Crippen molar-refractivity contribution in [2.75, 3.05) is 23.9 Å². The van der Waals surface area contributed by atoms with Gasteiger partial charge in [0.05, 0.1) is 11.5 Å². The topological polar surface area (TPSA) is 87.3 Å². The highest BCUT2D eigenvalue weighted by atomic mass is 32.2. The van der Waals surface area contributed by atoms with E-state index < -0.39 is 0 Å². The zero-order valence-electron chi connectivity index (χ0n) is 15.4. The Balaban J connectivity index is 1.70. The number of carbonyl (C=O) groups excluding carboxylic acids is 3. The van der Waals surface area contributed by atoms with Crippen molar-refractivity contribution in [2.24, 2.45) is 0 Å². The third kappa shape index (κ3) is 7.15. The second-order valence-corrected chi connectivity index (χ2v) is 6.95. The number of hydrogen-bond donors (Lipinski definition) is 3. The lowest BCUT2D eigenvalue weighted by atomic mass is 10.1. The van der Waals surface area contributed by atoms with Crippen molar-refractivity contribution in [1.82, 2.24) is 10.6 Å². The molecular formula is C20H23N3O3S. The van der Waals surface area contributed by atoms with E-state index in [4.69, 9.17) is 0 Å². The molecule has 2 rings (SSSR count). The molecule has 27 heavy (non-hydrogen) atoms. The molecule has 0 saturated carbocycles. The van der Waals surface area contributed by atoms with Gasteiger partial charge < -0.3 is 16.0 Å². The average Bonchev–Trinajstić information content (AvgIpc) is 2.66. The molecule has 0 fully saturated rings. The van der Waals surface area contributed by atoms with Crippen LogP contribution in [0, 0.1) is 6.92 Å². The molecule has 7 heteroatoms. The minimum absolute atomic E-state index is 0.142. The van der Waals surface area contributed by atoms with Crippen molar-refractivity contribution in [2.45, 2.75) is 13.5 Å². The summed E-state index contributed by atoms with van der Waals surface area (Å²) in [4.78, 5) is 35.5. The first-order chi connectivity index (χ1) is 13.0. The molecule has 142 valence electrons. The third-order valence-corrected chi connectivity index (χ3v) is 4.61. The summed E-state index contributed by atoms with van der Waals surface area (Å²) in [6, 6.07) is 14.6. The highest BCUT2D eigenvalue weighted by molar-refractivity contribution is 8.00. The van der Waals surface area contributed by atoms with Crippen LogP contribution in [0.4, 0.5) is 5.69 Å². The lowest BCUT2D eigenvalue weighted by Gasteiger charge is -2.08. The number of anilines is 1. The van der Waals surface area contributed by atoms with Gasteiger partial charge >= 0.3 is 0 Å². The molecule has 0 radical (unpaired) electrons. The normalized spacial score (nSPS) is 10.1. The van der Waals surface area contributed by atoms with Gasteiger partial charge in [0.1, 0.15) is 0 Å². The Kier molecular flexibility index (Phi) is 7.88. The van der Waals surface area contributed by atoms with Crippen LogP contribution in [0.2, 0.25) is 0 Å². The Morgan fingerprint density at radius 1 is 0.963 bits per heavy atom. The standard InChI is InChI=1S/C20H23N3O3S/c1-14-5-3-8-17(9-14)23-19(25)13-27-12-18(24)22-11-15-6-4-7-16(10-15)20(26)21-2/h3-10H,11-13H2,1-2H3,(H,21,26)(H,22,24)(H,23,25). The van der Waals surface area contributed by atoms with E-state index >= 15 is 0 Å². The molecule has 3 amide bonds. The number of hydrogen-bond acceptors (Lipinski definition) is 4. The zero-order valence-corrected chi connectivity index (χ0v) is 16.2. The number of benzene rings is 2. The summed E-state index contributed by atoms with van der Waals surface area (Å²) in [6.45, 7) is 2.29. The van der Waals surface area contributed by atoms with Crippen LogP contribution in [0.5, 0.6) is 0 Å². The summed E-state index contributed by atoms with van der Waals surface area (Å²) in [6.07, 6.45) is 0. The van der Waals surface area contributed by atoms with Crippen molar-refractivity contribution >= 4 is 35.2 Å². The van der Waals surface area contributed by atoms with Crippen LogP contribution in [-0.4, -0.2) is 36.3 Å². The van der Waals surface area contributed by atoms with Crippen LogP contribution < -0.4 is 16.0 Å². The van der Waals surface area contributed by atoms with Crippen LogP contribution in [0.15, 0.2) is 48.5 Å². The molecule has 0 aliphatic carbocycles. The van der Waals surface area contributed by atoms with Crippen LogP contribution in [0.25, 0.3) is 0 Å². The molecule has 0 aromatic heterocycles. The second kappa shape index (κ2) is 10.4. The molecule has 0 atom stereocenters. The summed E-state index contributed by atoms with van der Waals surface area (Å²) in [5.41, 5.74) is 3.21. The first-order valence-corrected chi connectivity index (χ1v) is 9.65. The van der Waals surface area contributed by atoms with Gasteiger partial charge in [-0.25, -0.2) is 0 Å². The van der Waals surface area contributed by atoms with E-state index in [0.29, 0.717) is 12.1 Å². The van der Waals surface area contributed by atoms with E-state index in [0.717, 1.165) is 16.8 Å². The predicted molar refractivity (Wildman–Crippen MR) is 109 cm³/mol. The van der Waals surface area contributed by atoms with E-state index in [9.17, 15) is 14.4 Å². The number of aryl methyl sites for hydroxylation is 1. The molecular weight excluding hydrogens is 362 g/mol. The van der Waals surface area contributed by atoms with Gasteiger partial charge in [-0.05, 0) is 42.3 Å². The lowest BCUT2D eigenvalue weighted by molar-refractivity contribution is -0.118. The number of rotatable bonds is 8. The Bertz CT molecular complexity index is 824. The van der Waals surface area contributed by atoms with Gasteiger partial charge in [0, 0.05) is 24.8 Å². The highest BCUT2D eigenvalue weighted by Crippen LogP contribution is 2.10. The lowest BCUT2D eigenvalue weighted by Crippen LogP contribution is -2.26.